The molecule has 2 fully saturated rings. The van der Waals surface area contributed by atoms with Gasteiger partial charge in [0, 0.05) is 6.61 Å². The minimum atomic E-state index is -0.793. The van der Waals surface area contributed by atoms with E-state index in [2.05, 4.69) is 31.2 Å². The van der Waals surface area contributed by atoms with Gasteiger partial charge < -0.3 is 4.74 Å². The third-order valence-electron chi connectivity index (χ3n) is 7.62. The topological polar surface area (TPSA) is 9.23 Å². The van der Waals surface area contributed by atoms with Gasteiger partial charge in [-0.1, -0.05) is 75.0 Å². The summed E-state index contributed by atoms with van der Waals surface area (Å²) in [6.07, 6.45) is 12.3. The fourth-order valence-electron chi connectivity index (χ4n) is 5.59. The van der Waals surface area contributed by atoms with Crippen molar-refractivity contribution in [1.29, 1.82) is 0 Å². The predicted octanol–water partition coefficient (Wildman–Crippen LogP) is 8.52. The van der Waals surface area contributed by atoms with Gasteiger partial charge in [0.15, 0.2) is 11.6 Å². The monoisotopic (exact) mass is 455 g/mol. The van der Waals surface area contributed by atoms with Crippen LogP contribution in [0.25, 0.3) is 11.1 Å². The first-order valence-corrected chi connectivity index (χ1v) is 14.6. The van der Waals surface area contributed by atoms with Crippen LogP contribution in [0.4, 0.5) is 8.78 Å². The highest BCUT2D eigenvalue weighted by molar-refractivity contribution is 6.60. The average Bonchev–Trinajstić information content (AvgIpc) is 2.84. The Balaban J connectivity index is 1.23. The molecule has 0 spiro atoms. The largest absolute Gasteiger partial charge is 0.378 e. The zero-order chi connectivity index (χ0) is 22.3. The van der Waals surface area contributed by atoms with Crippen molar-refractivity contribution in [1.82, 2.24) is 0 Å². The van der Waals surface area contributed by atoms with Crippen LogP contribution in [0.3, 0.4) is 0 Å². The summed E-state index contributed by atoms with van der Waals surface area (Å²) in [6.45, 7) is 3.20. The highest BCUT2D eigenvalue weighted by Crippen LogP contribution is 2.42. The van der Waals surface area contributed by atoms with E-state index in [9.17, 15) is 8.78 Å². The number of halogens is 2. The number of hydrogen-bond donors (Lipinski definition) is 0. The quantitative estimate of drug-likeness (QED) is 0.286. The molecule has 1 aliphatic heterocycles. The molecule has 1 radical (unpaired) electrons. The molecule has 1 saturated carbocycles. The van der Waals surface area contributed by atoms with E-state index in [1.165, 1.54) is 87.6 Å². The van der Waals surface area contributed by atoms with Crippen molar-refractivity contribution in [3.63, 3.8) is 0 Å². The third-order valence-corrected chi connectivity index (χ3v) is 11.2. The van der Waals surface area contributed by atoms with Gasteiger partial charge in [0.05, 0.1) is 14.9 Å². The Morgan fingerprint density at radius 3 is 2.16 bits per heavy atom. The maximum Gasteiger partial charge on any atom is 0.159 e. The van der Waals surface area contributed by atoms with Crippen LogP contribution in [0, 0.1) is 11.6 Å². The highest BCUT2D eigenvalue weighted by atomic mass is 28.3. The summed E-state index contributed by atoms with van der Waals surface area (Å²) < 4.78 is 32.9. The lowest BCUT2D eigenvalue weighted by atomic mass is 9.92. The maximum absolute atomic E-state index is 13.6. The van der Waals surface area contributed by atoms with Gasteiger partial charge >= 0.3 is 0 Å². The summed E-state index contributed by atoms with van der Waals surface area (Å²) in [7, 11) is -0.232. The summed E-state index contributed by atoms with van der Waals surface area (Å²) in [5.74, 6) is -0.926. The Morgan fingerprint density at radius 1 is 0.812 bits per heavy atom. The minimum Gasteiger partial charge on any atom is -0.378 e. The lowest BCUT2D eigenvalue weighted by Crippen LogP contribution is -2.31. The van der Waals surface area contributed by atoms with E-state index in [-0.39, 0.29) is 8.80 Å². The molecule has 2 aliphatic rings. The smallest absolute Gasteiger partial charge is 0.159 e. The third kappa shape index (κ3) is 6.08. The van der Waals surface area contributed by atoms with Crippen LogP contribution in [0.5, 0.6) is 0 Å². The number of ether oxygens (including phenoxy) is 1. The molecular formula is C28H37F2OSi. The number of unbranched alkanes of at least 4 members (excludes halogenated alkanes) is 2. The van der Waals surface area contributed by atoms with Gasteiger partial charge in [-0.2, -0.15) is 0 Å². The molecule has 0 bridgehead atoms. The Bertz CT molecular complexity index is 837. The zero-order valence-corrected chi connectivity index (χ0v) is 20.4. The molecule has 1 saturated heterocycles. The van der Waals surface area contributed by atoms with E-state index in [0.717, 1.165) is 23.3 Å². The van der Waals surface area contributed by atoms with E-state index >= 15 is 0 Å². The van der Waals surface area contributed by atoms with Crippen molar-refractivity contribution >= 4 is 8.80 Å². The maximum atomic E-state index is 13.6. The van der Waals surface area contributed by atoms with E-state index in [4.69, 9.17) is 4.74 Å². The van der Waals surface area contributed by atoms with Crippen molar-refractivity contribution in [2.24, 2.45) is 0 Å². The van der Waals surface area contributed by atoms with Crippen LogP contribution in [0.15, 0.2) is 42.5 Å². The molecule has 173 valence electrons. The Labute approximate surface area is 194 Å². The van der Waals surface area contributed by atoms with E-state index in [1.807, 2.05) is 0 Å². The molecule has 1 nitrogen and oxygen atoms in total. The van der Waals surface area contributed by atoms with Gasteiger partial charge in [0.2, 0.25) is 0 Å². The lowest BCUT2D eigenvalue weighted by molar-refractivity contribution is 0.0262. The summed E-state index contributed by atoms with van der Waals surface area (Å²) in [5, 5.41) is 0. The summed E-state index contributed by atoms with van der Waals surface area (Å²) >= 11 is 0. The normalized spacial score (nSPS) is 22.8. The number of rotatable bonds is 8. The first-order chi connectivity index (χ1) is 15.6. The van der Waals surface area contributed by atoms with Crippen molar-refractivity contribution in [2.75, 3.05) is 6.61 Å². The molecule has 2 aromatic rings. The second kappa shape index (κ2) is 11.6. The van der Waals surface area contributed by atoms with Gasteiger partial charge in [0.25, 0.3) is 0 Å². The SMILES string of the molecule is CCCCCOC1CCC([Si]2CCC(c3ccc(-c4ccc(F)c(F)c4)cc3)CC2)CC1. The summed E-state index contributed by atoms with van der Waals surface area (Å²) in [5.41, 5.74) is 4.07. The van der Waals surface area contributed by atoms with Crippen LogP contribution >= 0.6 is 0 Å². The van der Waals surface area contributed by atoms with Gasteiger partial charge in [0.1, 0.15) is 0 Å². The highest BCUT2D eigenvalue weighted by Gasteiger charge is 2.32. The zero-order valence-electron chi connectivity index (χ0n) is 19.4. The second-order valence-electron chi connectivity index (χ2n) is 9.73. The minimum absolute atomic E-state index is 0.232. The molecule has 0 aromatic heterocycles. The van der Waals surface area contributed by atoms with Crippen molar-refractivity contribution in [2.45, 2.75) is 94.4 Å². The molecule has 0 amide bonds. The molecule has 0 N–H and O–H groups in total. The number of hydrogen-bond acceptors (Lipinski definition) is 1. The van der Waals surface area contributed by atoms with Crippen LogP contribution in [-0.4, -0.2) is 21.5 Å². The molecule has 0 unspecified atom stereocenters. The summed E-state index contributed by atoms with van der Waals surface area (Å²) in [4.78, 5) is 0. The van der Waals surface area contributed by atoms with E-state index < -0.39 is 11.6 Å². The predicted molar refractivity (Wildman–Crippen MR) is 131 cm³/mol. The molecule has 0 atom stereocenters. The summed E-state index contributed by atoms with van der Waals surface area (Å²) in [6, 6.07) is 15.5. The van der Waals surface area contributed by atoms with Gasteiger partial charge in [-0.3, -0.25) is 0 Å². The van der Waals surface area contributed by atoms with Crippen LogP contribution in [-0.2, 0) is 4.74 Å². The van der Waals surface area contributed by atoms with Gasteiger partial charge in [-0.15, -0.1) is 0 Å². The fraction of sp³-hybridized carbons (Fsp3) is 0.571. The lowest BCUT2D eigenvalue weighted by Gasteiger charge is -2.37. The van der Waals surface area contributed by atoms with Crippen molar-refractivity contribution in [3.8, 4) is 11.1 Å². The number of benzene rings is 2. The molecule has 4 heteroatoms. The van der Waals surface area contributed by atoms with Crippen LogP contribution < -0.4 is 0 Å². The van der Waals surface area contributed by atoms with Crippen LogP contribution in [0.2, 0.25) is 17.6 Å². The Hall–Kier alpha value is -1.52. The van der Waals surface area contributed by atoms with Crippen molar-refractivity contribution in [3.05, 3.63) is 59.7 Å². The second-order valence-corrected chi connectivity index (χ2v) is 12.9. The first-order valence-electron chi connectivity index (χ1n) is 12.7. The molecule has 1 aliphatic carbocycles. The molecule has 4 rings (SSSR count). The van der Waals surface area contributed by atoms with E-state index in [0.29, 0.717) is 12.0 Å². The Morgan fingerprint density at radius 2 is 1.50 bits per heavy atom. The molecule has 32 heavy (non-hydrogen) atoms. The van der Waals surface area contributed by atoms with Gasteiger partial charge in [-0.25, -0.2) is 8.78 Å². The van der Waals surface area contributed by atoms with Gasteiger partial charge in [-0.05, 0) is 72.4 Å². The molecule has 1 heterocycles. The van der Waals surface area contributed by atoms with Crippen LogP contribution in [0.1, 0.15) is 76.2 Å². The molecular weight excluding hydrogens is 418 g/mol. The average molecular weight is 456 g/mol. The Kier molecular flexibility index (Phi) is 8.53. The first kappa shape index (κ1) is 23.6. The fourth-order valence-corrected chi connectivity index (χ4v) is 9.25. The van der Waals surface area contributed by atoms with Crippen molar-refractivity contribution < 1.29 is 13.5 Å². The van der Waals surface area contributed by atoms with E-state index in [1.54, 1.807) is 6.07 Å². The standard InChI is InChI=1S/C28H37F2OSi/c1-2-3-4-17-31-25-10-12-26(13-11-25)32-18-15-23(16-19-32)21-5-7-22(8-6-21)24-9-14-27(29)28(30)20-24/h5-9,14,20,23,25-26H,2-4,10-13,15-19H2,1H3. The molecule has 2 aromatic carbocycles.